The molecule has 0 radical (unpaired) electrons. The van der Waals surface area contributed by atoms with Crippen molar-refractivity contribution in [3.8, 4) is 29.4 Å². The van der Waals surface area contributed by atoms with Crippen molar-refractivity contribution >= 4 is 0 Å². The highest BCUT2D eigenvalue weighted by atomic mass is 16.5. The van der Waals surface area contributed by atoms with E-state index in [2.05, 4.69) is 28.7 Å². The summed E-state index contributed by atoms with van der Waals surface area (Å²) in [6.07, 6.45) is -12.3. The van der Waals surface area contributed by atoms with Crippen molar-refractivity contribution in [3.05, 3.63) is 23.5 Å². The van der Waals surface area contributed by atoms with Gasteiger partial charge in [0.05, 0.1) is 25.9 Å². The molecular weight excluding hydrogens is 454 g/mol. The van der Waals surface area contributed by atoms with Crippen molar-refractivity contribution in [2.24, 2.45) is 0 Å². The van der Waals surface area contributed by atoms with Crippen LogP contribution in [0, 0.1) is 23.7 Å². The van der Waals surface area contributed by atoms with Crippen molar-refractivity contribution in [1.29, 1.82) is 0 Å². The van der Waals surface area contributed by atoms with Crippen LogP contribution in [0.1, 0.15) is 11.3 Å². The minimum absolute atomic E-state index is 0.201. The molecule has 1 aromatic heterocycles. The summed E-state index contributed by atoms with van der Waals surface area (Å²) in [6.45, 7) is -1.15. The molecule has 10 atom stereocenters. The van der Waals surface area contributed by atoms with Crippen LogP contribution in [0.4, 0.5) is 0 Å². The molecule has 1 aromatic rings. The first kappa shape index (κ1) is 26.3. The molecular formula is C22H27NO11. The number of aliphatic hydroxyl groups is 8. The fourth-order valence-corrected chi connectivity index (χ4v) is 3.50. The highest BCUT2D eigenvalue weighted by molar-refractivity contribution is 5.48. The molecule has 34 heavy (non-hydrogen) atoms. The van der Waals surface area contributed by atoms with Crippen molar-refractivity contribution < 1.29 is 55.1 Å². The molecule has 2 aliphatic rings. The van der Waals surface area contributed by atoms with Crippen molar-refractivity contribution in [1.82, 2.24) is 4.98 Å². The van der Waals surface area contributed by atoms with Crippen molar-refractivity contribution in [2.45, 2.75) is 61.0 Å². The summed E-state index contributed by atoms with van der Waals surface area (Å²) in [5, 5.41) is 78.1. The van der Waals surface area contributed by atoms with Crippen LogP contribution in [0.15, 0.2) is 12.3 Å². The summed E-state index contributed by atoms with van der Waals surface area (Å²) in [5.74, 6) is 10.8. The van der Waals surface area contributed by atoms with E-state index in [-0.39, 0.29) is 17.0 Å². The maximum absolute atomic E-state index is 10.1. The first-order valence-electron chi connectivity index (χ1n) is 10.4. The molecule has 3 heterocycles. The van der Waals surface area contributed by atoms with Gasteiger partial charge in [0.25, 0.3) is 0 Å². The zero-order valence-corrected chi connectivity index (χ0v) is 18.1. The van der Waals surface area contributed by atoms with Gasteiger partial charge in [-0.2, -0.15) is 0 Å². The van der Waals surface area contributed by atoms with Crippen LogP contribution in [-0.2, 0) is 9.47 Å². The van der Waals surface area contributed by atoms with Crippen LogP contribution in [0.3, 0.4) is 0 Å². The Morgan fingerprint density at radius 3 is 1.76 bits per heavy atom. The van der Waals surface area contributed by atoms with Gasteiger partial charge in [-0.3, -0.25) is 0 Å². The maximum Gasteiger partial charge on any atom is 0.147 e. The van der Waals surface area contributed by atoms with Crippen LogP contribution in [-0.4, -0.2) is 127 Å². The molecule has 0 unspecified atom stereocenters. The van der Waals surface area contributed by atoms with Crippen molar-refractivity contribution in [2.75, 3.05) is 20.3 Å². The average Bonchev–Trinajstić information content (AvgIpc) is 2.85. The SMILES string of the molecule is COc1cc(C#C[C@H]2O[C@H](CO)[C@@H](O)[C@H](O)[C@@H]2O)ncc1C#C[C@H]1O[C@H](CO)[C@@H](O)[C@H](O)[C@@H]1O. The second-order valence-corrected chi connectivity index (χ2v) is 7.81. The van der Waals surface area contributed by atoms with Gasteiger partial charge in [0.15, 0.2) is 0 Å². The van der Waals surface area contributed by atoms with Gasteiger partial charge in [0.2, 0.25) is 0 Å². The molecule has 2 fully saturated rings. The minimum atomic E-state index is -1.55. The third-order valence-corrected chi connectivity index (χ3v) is 5.56. The smallest absolute Gasteiger partial charge is 0.147 e. The van der Waals surface area contributed by atoms with E-state index in [0.29, 0.717) is 0 Å². The monoisotopic (exact) mass is 481 g/mol. The summed E-state index contributed by atoms with van der Waals surface area (Å²) in [4.78, 5) is 4.12. The number of hydrogen-bond acceptors (Lipinski definition) is 12. The lowest BCUT2D eigenvalue weighted by molar-refractivity contribution is -0.214. The fraction of sp³-hybridized carbons (Fsp3) is 0.591. The molecule has 0 spiro atoms. The summed E-state index contributed by atoms with van der Waals surface area (Å²) in [5.41, 5.74) is 0.491. The minimum Gasteiger partial charge on any atom is -0.495 e. The Kier molecular flexibility index (Phi) is 8.81. The second kappa shape index (κ2) is 11.4. The Bertz CT molecular complexity index is 963. The predicted molar refractivity (Wildman–Crippen MR) is 112 cm³/mol. The second-order valence-electron chi connectivity index (χ2n) is 7.81. The normalized spacial score (nSPS) is 37.7. The van der Waals surface area contributed by atoms with Gasteiger partial charge in [0, 0.05) is 12.3 Å². The topological polar surface area (TPSA) is 202 Å². The number of pyridine rings is 1. The number of rotatable bonds is 3. The Morgan fingerprint density at radius 2 is 1.29 bits per heavy atom. The van der Waals surface area contributed by atoms with E-state index in [1.807, 2.05) is 0 Å². The lowest BCUT2D eigenvalue weighted by Crippen LogP contribution is -2.58. The van der Waals surface area contributed by atoms with Gasteiger partial charge in [-0.15, -0.1) is 0 Å². The molecule has 0 saturated carbocycles. The Labute approximate surface area is 195 Å². The molecule has 186 valence electrons. The average molecular weight is 481 g/mol. The summed E-state index contributed by atoms with van der Waals surface area (Å²) in [7, 11) is 1.38. The van der Waals surface area contributed by atoms with Gasteiger partial charge < -0.3 is 55.1 Å². The fourth-order valence-electron chi connectivity index (χ4n) is 3.50. The Balaban J connectivity index is 1.78. The molecule has 8 N–H and O–H groups in total. The van der Waals surface area contributed by atoms with E-state index in [9.17, 15) is 40.9 Å². The molecule has 2 aliphatic heterocycles. The summed E-state index contributed by atoms with van der Waals surface area (Å²) in [6, 6.07) is 1.44. The summed E-state index contributed by atoms with van der Waals surface area (Å²) >= 11 is 0. The molecule has 0 aromatic carbocycles. The van der Waals surface area contributed by atoms with E-state index in [4.69, 9.17) is 14.2 Å². The first-order chi connectivity index (χ1) is 16.2. The Hall–Kier alpha value is -2.33. The lowest BCUT2D eigenvalue weighted by Gasteiger charge is -2.37. The van der Waals surface area contributed by atoms with E-state index in [1.54, 1.807) is 0 Å². The predicted octanol–water partition coefficient (Wildman–Crippen LogP) is -4.52. The van der Waals surface area contributed by atoms with Gasteiger partial charge in [-0.05, 0) is 5.92 Å². The number of aromatic nitrogens is 1. The van der Waals surface area contributed by atoms with Gasteiger partial charge in [-0.25, -0.2) is 4.98 Å². The van der Waals surface area contributed by atoms with E-state index in [1.165, 1.54) is 19.4 Å². The zero-order valence-electron chi connectivity index (χ0n) is 18.1. The van der Waals surface area contributed by atoms with Gasteiger partial charge >= 0.3 is 0 Å². The number of methoxy groups -OCH3 is 1. The van der Waals surface area contributed by atoms with E-state index >= 15 is 0 Å². The van der Waals surface area contributed by atoms with E-state index in [0.717, 1.165) is 0 Å². The molecule has 12 nitrogen and oxygen atoms in total. The van der Waals surface area contributed by atoms with Crippen LogP contribution >= 0.6 is 0 Å². The van der Waals surface area contributed by atoms with Crippen LogP contribution in [0.2, 0.25) is 0 Å². The largest absolute Gasteiger partial charge is 0.495 e. The molecule has 0 amide bonds. The Morgan fingerprint density at radius 1 is 0.794 bits per heavy atom. The first-order valence-corrected chi connectivity index (χ1v) is 10.4. The van der Waals surface area contributed by atoms with Crippen LogP contribution < -0.4 is 4.74 Å². The third kappa shape index (κ3) is 5.49. The van der Waals surface area contributed by atoms with Crippen LogP contribution in [0.5, 0.6) is 5.75 Å². The van der Waals surface area contributed by atoms with Gasteiger partial charge in [0.1, 0.15) is 72.5 Å². The number of ether oxygens (including phenoxy) is 3. The highest BCUT2D eigenvalue weighted by Gasteiger charge is 2.43. The molecule has 0 bridgehead atoms. The number of hydrogen-bond donors (Lipinski definition) is 8. The van der Waals surface area contributed by atoms with Gasteiger partial charge in [-0.1, -0.05) is 17.8 Å². The third-order valence-electron chi connectivity index (χ3n) is 5.56. The molecule has 12 heteroatoms. The number of nitrogens with zero attached hydrogens (tertiary/aromatic N) is 1. The molecule has 3 rings (SSSR count). The van der Waals surface area contributed by atoms with Crippen molar-refractivity contribution in [3.63, 3.8) is 0 Å². The zero-order chi connectivity index (χ0) is 25.0. The lowest BCUT2D eigenvalue weighted by atomic mass is 9.95. The standard InChI is InChI=1S/C22H27NO11/c1-32-14-6-11(3-5-13-18(27)22(31)20(29)16(9-25)34-13)23-7-10(14)2-4-12-17(26)21(30)19(28)15(8-24)33-12/h6-7,12-13,15-22,24-31H,8-9H2,1H3/t12-,13-,15-,16-,17-,18-,19-,20-,21-,22-/m1/s1. The maximum atomic E-state index is 10.1. The van der Waals surface area contributed by atoms with E-state index < -0.39 is 74.3 Å². The highest BCUT2D eigenvalue weighted by Crippen LogP contribution is 2.23. The quantitative estimate of drug-likeness (QED) is 0.193. The molecule has 2 saturated heterocycles. The number of aliphatic hydroxyl groups excluding tert-OH is 8. The molecule has 0 aliphatic carbocycles. The van der Waals surface area contributed by atoms with Crippen LogP contribution in [0.25, 0.3) is 0 Å². The summed E-state index contributed by atoms with van der Waals surface area (Å²) < 4.78 is 15.9.